The SMILES string of the molecule is OCc1cc(C(F)F)c(F)c(F)n1. The van der Waals surface area contributed by atoms with E-state index in [1.54, 1.807) is 0 Å². The maximum atomic E-state index is 12.6. The maximum absolute atomic E-state index is 12.6. The van der Waals surface area contributed by atoms with Crippen LogP contribution in [0.5, 0.6) is 0 Å². The molecule has 72 valence electrons. The van der Waals surface area contributed by atoms with Gasteiger partial charge in [-0.05, 0) is 6.07 Å². The zero-order chi connectivity index (χ0) is 10.0. The van der Waals surface area contributed by atoms with E-state index >= 15 is 0 Å². The second kappa shape index (κ2) is 3.69. The first-order chi connectivity index (χ1) is 6.06. The molecule has 0 aliphatic heterocycles. The lowest BCUT2D eigenvalue weighted by atomic mass is 10.2. The van der Waals surface area contributed by atoms with Gasteiger partial charge < -0.3 is 5.11 Å². The van der Waals surface area contributed by atoms with Crippen molar-refractivity contribution in [3.05, 3.63) is 29.1 Å². The minimum atomic E-state index is -3.12. The van der Waals surface area contributed by atoms with Gasteiger partial charge in [-0.3, -0.25) is 0 Å². The standard InChI is InChI=1S/C7H5F4NO/c8-5-4(6(9)10)1-3(2-13)12-7(5)11/h1,6,13H,2H2. The van der Waals surface area contributed by atoms with Crippen LogP contribution < -0.4 is 0 Å². The number of hydrogen-bond acceptors (Lipinski definition) is 2. The number of aliphatic hydroxyl groups excluding tert-OH is 1. The average Bonchev–Trinajstić information content (AvgIpc) is 2.09. The van der Waals surface area contributed by atoms with Crippen LogP contribution in [0.1, 0.15) is 17.7 Å². The van der Waals surface area contributed by atoms with Gasteiger partial charge >= 0.3 is 0 Å². The van der Waals surface area contributed by atoms with Crippen molar-refractivity contribution in [1.29, 1.82) is 0 Å². The molecule has 0 saturated heterocycles. The number of rotatable bonds is 2. The van der Waals surface area contributed by atoms with Crippen LogP contribution >= 0.6 is 0 Å². The molecule has 0 aromatic carbocycles. The third-order valence-corrected chi connectivity index (χ3v) is 1.40. The Balaban J connectivity index is 3.25. The van der Waals surface area contributed by atoms with Crippen LogP contribution in [-0.2, 0) is 6.61 Å². The molecule has 1 N–H and O–H groups in total. The van der Waals surface area contributed by atoms with Gasteiger partial charge in [0.1, 0.15) is 0 Å². The van der Waals surface area contributed by atoms with Gasteiger partial charge in [-0.15, -0.1) is 0 Å². The Labute approximate surface area is 70.8 Å². The smallest absolute Gasteiger partial charge is 0.266 e. The number of alkyl halides is 2. The molecule has 0 atom stereocenters. The third kappa shape index (κ3) is 1.95. The third-order valence-electron chi connectivity index (χ3n) is 1.40. The van der Waals surface area contributed by atoms with Gasteiger partial charge in [0.15, 0.2) is 5.82 Å². The summed E-state index contributed by atoms with van der Waals surface area (Å²) in [7, 11) is 0. The van der Waals surface area contributed by atoms with Crippen LogP contribution in [-0.4, -0.2) is 10.1 Å². The Hall–Kier alpha value is -1.17. The Kier molecular flexibility index (Phi) is 2.82. The van der Waals surface area contributed by atoms with E-state index in [-0.39, 0.29) is 5.69 Å². The molecule has 0 radical (unpaired) electrons. The van der Waals surface area contributed by atoms with E-state index in [1.807, 2.05) is 0 Å². The van der Waals surface area contributed by atoms with Crippen LogP contribution in [0.25, 0.3) is 0 Å². The molecule has 0 bridgehead atoms. The summed E-state index contributed by atoms with van der Waals surface area (Å²) in [6, 6.07) is 0.628. The van der Waals surface area contributed by atoms with Crippen LogP contribution in [0.15, 0.2) is 6.07 Å². The summed E-state index contributed by atoms with van der Waals surface area (Å²) in [6.07, 6.45) is -3.12. The highest BCUT2D eigenvalue weighted by atomic mass is 19.3. The van der Waals surface area contributed by atoms with E-state index in [4.69, 9.17) is 5.11 Å². The first kappa shape index (κ1) is 9.91. The lowest BCUT2D eigenvalue weighted by molar-refractivity contribution is 0.144. The highest BCUT2D eigenvalue weighted by Gasteiger charge is 2.19. The summed E-state index contributed by atoms with van der Waals surface area (Å²) in [5.41, 5.74) is -1.41. The fourth-order valence-electron chi connectivity index (χ4n) is 0.809. The lowest BCUT2D eigenvalue weighted by Gasteiger charge is -2.03. The van der Waals surface area contributed by atoms with Crippen molar-refractivity contribution in [2.75, 3.05) is 0 Å². The molecule has 0 unspecified atom stereocenters. The molecule has 1 rings (SSSR count). The quantitative estimate of drug-likeness (QED) is 0.576. The van der Waals surface area contributed by atoms with Gasteiger partial charge in [0.05, 0.1) is 17.9 Å². The van der Waals surface area contributed by atoms with Crippen molar-refractivity contribution in [3.8, 4) is 0 Å². The maximum Gasteiger partial charge on any atom is 0.266 e. The van der Waals surface area contributed by atoms with Crippen molar-refractivity contribution in [1.82, 2.24) is 4.98 Å². The molecule has 0 saturated carbocycles. The van der Waals surface area contributed by atoms with Gasteiger partial charge in [-0.2, -0.15) is 4.39 Å². The zero-order valence-electron chi connectivity index (χ0n) is 6.27. The molecule has 0 spiro atoms. The van der Waals surface area contributed by atoms with Crippen molar-refractivity contribution < 1.29 is 22.7 Å². The minimum Gasteiger partial charge on any atom is -0.390 e. The van der Waals surface area contributed by atoms with Crippen LogP contribution in [0, 0.1) is 11.8 Å². The summed E-state index contributed by atoms with van der Waals surface area (Å²) < 4.78 is 49.0. The van der Waals surface area contributed by atoms with Gasteiger partial charge in [0.2, 0.25) is 5.95 Å². The van der Waals surface area contributed by atoms with Crippen LogP contribution in [0.4, 0.5) is 17.6 Å². The lowest BCUT2D eigenvalue weighted by Crippen LogP contribution is -2.02. The molecule has 1 heterocycles. The van der Waals surface area contributed by atoms with Gasteiger partial charge in [-0.25, -0.2) is 18.2 Å². The second-order valence-corrected chi connectivity index (χ2v) is 2.27. The fraction of sp³-hybridized carbons (Fsp3) is 0.286. The topological polar surface area (TPSA) is 33.1 Å². The Morgan fingerprint density at radius 3 is 2.46 bits per heavy atom. The van der Waals surface area contributed by atoms with Crippen molar-refractivity contribution in [3.63, 3.8) is 0 Å². The molecule has 0 aliphatic rings. The number of hydrogen-bond donors (Lipinski definition) is 1. The largest absolute Gasteiger partial charge is 0.390 e. The van der Waals surface area contributed by atoms with E-state index in [0.717, 1.165) is 0 Å². The Bertz CT molecular complexity index is 316. The van der Waals surface area contributed by atoms with Gasteiger partial charge in [-0.1, -0.05) is 0 Å². The van der Waals surface area contributed by atoms with Crippen molar-refractivity contribution >= 4 is 0 Å². The predicted molar refractivity (Wildman–Crippen MR) is 35.0 cm³/mol. The van der Waals surface area contributed by atoms with E-state index in [9.17, 15) is 17.6 Å². The molecule has 0 fully saturated rings. The minimum absolute atomic E-state index is 0.325. The number of nitrogens with zero attached hydrogens (tertiary/aromatic N) is 1. The molecule has 0 amide bonds. The number of aliphatic hydroxyl groups is 1. The first-order valence-corrected chi connectivity index (χ1v) is 3.30. The normalized spacial score (nSPS) is 10.9. The molecular weight excluding hydrogens is 190 g/mol. The summed E-state index contributed by atoms with van der Waals surface area (Å²) >= 11 is 0. The molecule has 6 heteroatoms. The second-order valence-electron chi connectivity index (χ2n) is 2.27. The van der Waals surface area contributed by atoms with Gasteiger partial charge in [0.25, 0.3) is 6.43 Å². The molecule has 1 aromatic heterocycles. The van der Waals surface area contributed by atoms with E-state index in [0.29, 0.717) is 6.07 Å². The number of halogens is 4. The van der Waals surface area contributed by atoms with Crippen LogP contribution in [0.3, 0.4) is 0 Å². The van der Waals surface area contributed by atoms with E-state index < -0.39 is 30.4 Å². The Morgan fingerprint density at radius 1 is 1.38 bits per heavy atom. The summed E-state index contributed by atoms with van der Waals surface area (Å²) in [5, 5.41) is 8.46. The van der Waals surface area contributed by atoms with Gasteiger partial charge in [0, 0.05) is 0 Å². The van der Waals surface area contributed by atoms with Crippen molar-refractivity contribution in [2.24, 2.45) is 0 Å². The molecule has 2 nitrogen and oxygen atoms in total. The highest BCUT2D eigenvalue weighted by Crippen LogP contribution is 2.23. The van der Waals surface area contributed by atoms with Crippen molar-refractivity contribution in [2.45, 2.75) is 13.0 Å². The Morgan fingerprint density at radius 2 is 2.00 bits per heavy atom. The van der Waals surface area contributed by atoms with Crippen LogP contribution in [0.2, 0.25) is 0 Å². The first-order valence-electron chi connectivity index (χ1n) is 3.30. The highest BCUT2D eigenvalue weighted by molar-refractivity contribution is 5.20. The van der Waals surface area contributed by atoms with E-state index in [2.05, 4.69) is 4.98 Å². The average molecular weight is 195 g/mol. The number of pyridine rings is 1. The summed E-state index contributed by atoms with van der Waals surface area (Å²) in [5.74, 6) is -3.30. The monoisotopic (exact) mass is 195 g/mol. The fourth-order valence-corrected chi connectivity index (χ4v) is 0.809. The predicted octanol–water partition coefficient (Wildman–Crippen LogP) is 1.79. The summed E-state index contributed by atoms with van der Waals surface area (Å²) in [4.78, 5) is 2.91. The summed E-state index contributed by atoms with van der Waals surface area (Å²) in [6.45, 7) is -0.711. The zero-order valence-corrected chi connectivity index (χ0v) is 6.27. The molecule has 1 aromatic rings. The molecule has 13 heavy (non-hydrogen) atoms. The van der Waals surface area contributed by atoms with E-state index in [1.165, 1.54) is 0 Å². The molecular formula is C7H5F4NO. The number of aromatic nitrogens is 1. The molecule has 0 aliphatic carbocycles.